The number of pyridine rings is 2. The number of carbonyl (C=O) groups is 6. The van der Waals surface area contributed by atoms with Crippen LogP contribution >= 0.6 is 0 Å². The molecule has 2 fully saturated rings. The minimum Gasteiger partial charge on any atom is -0.493 e. The molecule has 6 N–H and O–H groups in total. The van der Waals surface area contributed by atoms with Gasteiger partial charge in [-0.25, -0.2) is 10.8 Å². The van der Waals surface area contributed by atoms with Crippen LogP contribution in [0, 0.1) is 0 Å². The van der Waals surface area contributed by atoms with Gasteiger partial charge in [0.1, 0.15) is 11.5 Å². The molecule has 6 amide bonds. The van der Waals surface area contributed by atoms with Crippen LogP contribution in [0.2, 0.25) is 0 Å². The Morgan fingerprint density at radius 2 is 1.03 bits per heavy atom. The topological polar surface area (TPSA) is 254 Å². The van der Waals surface area contributed by atoms with Crippen molar-refractivity contribution in [2.45, 2.75) is 103 Å². The molecule has 6 aliphatic rings. The van der Waals surface area contributed by atoms with Gasteiger partial charge in [0.15, 0.2) is 23.0 Å². The minimum absolute atomic E-state index is 0.0603. The van der Waals surface area contributed by atoms with E-state index in [0.29, 0.717) is 90.3 Å². The van der Waals surface area contributed by atoms with E-state index in [9.17, 15) is 28.8 Å². The SMILES string of the molecule is COc1ccc(N2Cc3ccc(CN4Cc5cnc(C(=O)NN)cc5C4=O)cc3C2=O)cc1OC1CCCC1.COc1ccc(N2Cc3ccc(CN4Cc5cnc(NCC(N)=O)cc5C4=O)cc3C2=O)cc1OC1CCCC1. The number of methoxy groups -OCH3 is 2. The number of nitrogens with two attached hydrogens (primary N) is 2. The summed E-state index contributed by atoms with van der Waals surface area (Å²) in [4.78, 5) is 91.3. The average molecular weight is 1070 g/mol. The summed E-state index contributed by atoms with van der Waals surface area (Å²) in [5, 5.41) is 2.82. The normalized spacial score (nSPS) is 16.4. The van der Waals surface area contributed by atoms with Crippen molar-refractivity contribution in [3.8, 4) is 23.0 Å². The van der Waals surface area contributed by atoms with E-state index in [1.54, 1.807) is 46.1 Å². The first-order valence-corrected chi connectivity index (χ1v) is 26.5. The van der Waals surface area contributed by atoms with E-state index in [4.69, 9.17) is 30.5 Å². The third kappa shape index (κ3) is 10.7. The number of amides is 6. The number of benzene rings is 4. The van der Waals surface area contributed by atoms with E-state index in [1.807, 2.05) is 78.2 Å². The molecule has 20 heteroatoms. The van der Waals surface area contributed by atoms with Gasteiger partial charge in [0.25, 0.3) is 29.5 Å². The molecular formula is C59H60N10O10. The number of hydrogen-bond acceptors (Lipinski definition) is 14. The molecule has 2 aromatic heterocycles. The Morgan fingerprint density at radius 3 is 1.49 bits per heavy atom. The second-order valence-electron chi connectivity index (χ2n) is 20.6. The highest BCUT2D eigenvalue weighted by Crippen LogP contribution is 2.40. The third-order valence-electron chi connectivity index (χ3n) is 15.4. The lowest BCUT2D eigenvalue weighted by atomic mass is 10.1. The number of primary amides is 1. The minimum atomic E-state index is -0.556. The second kappa shape index (κ2) is 22.1. The number of hydrazine groups is 1. The summed E-state index contributed by atoms with van der Waals surface area (Å²) in [6.07, 6.45) is 12.3. The number of ether oxygens (including phenoxy) is 4. The maximum Gasteiger partial charge on any atom is 0.283 e. The number of nitrogens with one attached hydrogen (secondary N) is 2. The number of anilines is 3. The first kappa shape index (κ1) is 52.0. The molecule has 12 rings (SSSR count). The quantitative estimate of drug-likeness (QED) is 0.0435. The van der Waals surface area contributed by atoms with Crippen molar-refractivity contribution in [3.63, 3.8) is 0 Å². The lowest BCUT2D eigenvalue weighted by Gasteiger charge is -2.20. The summed E-state index contributed by atoms with van der Waals surface area (Å²) in [5.41, 5.74) is 16.2. The van der Waals surface area contributed by atoms with Crippen LogP contribution in [0.25, 0.3) is 0 Å². The number of carbonyl (C=O) groups excluding carboxylic acids is 6. The van der Waals surface area contributed by atoms with Crippen LogP contribution in [0.15, 0.2) is 97.3 Å². The standard InChI is InChI=1S/C30H31N5O5.C29H29N5O5/c1-39-25-9-8-21(11-26(25)40-22-4-2-3-5-22)35-17-19-7-6-18(10-23(19)30(35)38)15-34-16-20-13-32-28(33-14-27(31)36)12-24(20)29(34)37;1-38-25-9-8-20(11-26(25)39-21-4-2-3-5-21)34-16-18-7-6-17(10-22(18)29(34)37)14-33-15-19-13-31-24(27(35)32-30)12-23(19)28(33)36/h6-13,22H,2-5,14-17H2,1H3,(H2,31,36)(H,32,33);6-13,21H,2-5,14-16,30H2,1H3,(H,32,35). The molecule has 0 unspecified atom stereocenters. The number of rotatable bonds is 16. The molecule has 406 valence electrons. The molecule has 20 nitrogen and oxygen atoms in total. The Bertz CT molecular complexity index is 3430. The smallest absolute Gasteiger partial charge is 0.283 e. The van der Waals surface area contributed by atoms with E-state index in [-0.39, 0.29) is 48.1 Å². The first-order chi connectivity index (χ1) is 38.3. The fourth-order valence-electron chi connectivity index (χ4n) is 11.2. The molecule has 79 heavy (non-hydrogen) atoms. The number of aromatic nitrogens is 2. The van der Waals surface area contributed by atoms with E-state index < -0.39 is 11.8 Å². The molecule has 6 aromatic rings. The van der Waals surface area contributed by atoms with Gasteiger partial charge < -0.3 is 49.6 Å². The number of nitrogens with zero attached hydrogens (tertiary/aromatic N) is 6. The van der Waals surface area contributed by atoms with Gasteiger partial charge >= 0.3 is 0 Å². The molecular weight excluding hydrogens is 1010 g/mol. The summed E-state index contributed by atoms with van der Waals surface area (Å²) in [6.45, 7) is 2.34. The van der Waals surface area contributed by atoms with Gasteiger partial charge in [-0.15, -0.1) is 0 Å². The van der Waals surface area contributed by atoms with Gasteiger partial charge in [-0.05, 0) is 122 Å². The van der Waals surface area contributed by atoms with Crippen LogP contribution in [0.4, 0.5) is 17.2 Å². The molecule has 0 saturated heterocycles. The van der Waals surface area contributed by atoms with E-state index in [1.165, 1.54) is 12.3 Å². The maximum atomic E-state index is 13.5. The van der Waals surface area contributed by atoms with Crippen molar-refractivity contribution in [2.24, 2.45) is 11.6 Å². The Balaban J connectivity index is 0.000000167. The van der Waals surface area contributed by atoms with Crippen molar-refractivity contribution in [3.05, 3.63) is 159 Å². The van der Waals surface area contributed by atoms with Crippen molar-refractivity contribution in [1.82, 2.24) is 25.2 Å². The third-order valence-corrected chi connectivity index (χ3v) is 15.4. The van der Waals surface area contributed by atoms with Crippen LogP contribution in [0.5, 0.6) is 23.0 Å². The number of hydrogen-bond donors (Lipinski definition) is 4. The fraction of sp³-hybridized carbons (Fsp3) is 0.322. The molecule has 4 aliphatic heterocycles. The highest BCUT2D eigenvalue weighted by atomic mass is 16.5. The Kier molecular flexibility index (Phi) is 14.6. The Hall–Kier alpha value is -9.04. The van der Waals surface area contributed by atoms with E-state index in [0.717, 1.165) is 96.1 Å². The molecule has 0 spiro atoms. The summed E-state index contributed by atoms with van der Waals surface area (Å²) in [7, 11) is 3.24. The monoisotopic (exact) mass is 1070 g/mol. The van der Waals surface area contributed by atoms with Crippen LogP contribution in [0.1, 0.15) is 137 Å². The number of nitrogen functional groups attached to an aromatic ring is 1. The predicted molar refractivity (Wildman–Crippen MR) is 291 cm³/mol. The zero-order valence-corrected chi connectivity index (χ0v) is 43.9. The van der Waals surface area contributed by atoms with Crippen LogP contribution < -0.4 is 51.1 Å². The van der Waals surface area contributed by atoms with E-state index in [2.05, 4.69) is 15.3 Å². The van der Waals surface area contributed by atoms with Crippen LogP contribution in [-0.4, -0.2) is 88.2 Å². The first-order valence-electron chi connectivity index (χ1n) is 26.5. The fourth-order valence-corrected chi connectivity index (χ4v) is 11.2. The van der Waals surface area contributed by atoms with Gasteiger partial charge in [0, 0.05) is 95.5 Å². The highest BCUT2D eigenvalue weighted by molar-refractivity contribution is 6.11. The molecule has 2 saturated carbocycles. The van der Waals surface area contributed by atoms with Gasteiger partial charge in [-0.3, -0.25) is 39.2 Å². The zero-order valence-electron chi connectivity index (χ0n) is 43.9. The maximum absolute atomic E-state index is 13.5. The van der Waals surface area contributed by atoms with Gasteiger partial charge in [0.2, 0.25) is 5.91 Å². The molecule has 4 aromatic carbocycles. The summed E-state index contributed by atoms with van der Waals surface area (Å²) >= 11 is 0. The van der Waals surface area contributed by atoms with E-state index >= 15 is 0 Å². The van der Waals surface area contributed by atoms with Crippen molar-refractivity contribution in [2.75, 3.05) is 35.9 Å². The zero-order chi connectivity index (χ0) is 54.9. The lowest BCUT2D eigenvalue weighted by Crippen LogP contribution is -2.31. The van der Waals surface area contributed by atoms with Crippen molar-refractivity contribution in [1.29, 1.82) is 0 Å². The molecule has 2 aliphatic carbocycles. The second-order valence-corrected chi connectivity index (χ2v) is 20.6. The summed E-state index contributed by atoms with van der Waals surface area (Å²) in [5.74, 6) is 6.67. The van der Waals surface area contributed by atoms with Crippen molar-refractivity contribution < 1.29 is 47.7 Å². The van der Waals surface area contributed by atoms with Gasteiger partial charge in [0.05, 0.1) is 46.1 Å². The largest absolute Gasteiger partial charge is 0.493 e. The molecule has 0 atom stereocenters. The Morgan fingerprint density at radius 1 is 0.557 bits per heavy atom. The summed E-state index contributed by atoms with van der Waals surface area (Å²) < 4.78 is 23.5. The van der Waals surface area contributed by atoms with Crippen LogP contribution in [-0.2, 0) is 44.1 Å². The van der Waals surface area contributed by atoms with Gasteiger partial charge in [-0.2, -0.15) is 0 Å². The van der Waals surface area contributed by atoms with Gasteiger partial charge in [-0.1, -0.05) is 24.3 Å². The predicted octanol–water partition coefficient (Wildman–Crippen LogP) is 6.96. The van der Waals surface area contributed by atoms with Crippen molar-refractivity contribution >= 4 is 52.6 Å². The molecule has 6 heterocycles. The number of fused-ring (bicyclic) bond motifs is 4. The lowest BCUT2D eigenvalue weighted by molar-refractivity contribution is -0.116. The summed E-state index contributed by atoms with van der Waals surface area (Å²) in [6, 6.07) is 25.9. The Labute approximate surface area is 455 Å². The highest BCUT2D eigenvalue weighted by Gasteiger charge is 2.35. The van der Waals surface area contributed by atoms with Crippen LogP contribution in [0.3, 0.4) is 0 Å². The average Bonchev–Trinajstić information content (AvgIpc) is 4.45. The molecule has 0 radical (unpaired) electrons. The molecule has 0 bridgehead atoms.